The van der Waals surface area contributed by atoms with Gasteiger partial charge in [0, 0.05) is 12.1 Å². The van der Waals surface area contributed by atoms with Crippen LogP contribution in [0.1, 0.15) is 65.4 Å². The quantitative estimate of drug-likeness (QED) is 0.831. The third-order valence-corrected chi connectivity index (χ3v) is 4.01. The van der Waals surface area contributed by atoms with Gasteiger partial charge in [-0.15, -0.1) is 0 Å². The van der Waals surface area contributed by atoms with E-state index in [0.717, 1.165) is 5.75 Å². The number of benzene rings is 1. The van der Waals surface area contributed by atoms with Gasteiger partial charge >= 0.3 is 0 Å². The summed E-state index contributed by atoms with van der Waals surface area (Å²) in [5, 5.41) is 13.3. The molecule has 0 unspecified atom stereocenters. The summed E-state index contributed by atoms with van der Waals surface area (Å²) >= 11 is 0. The van der Waals surface area contributed by atoms with Crippen LogP contribution in [-0.4, -0.2) is 29.9 Å². The molecule has 0 bridgehead atoms. The van der Waals surface area contributed by atoms with Crippen LogP contribution in [0.15, 0.2) is 24.3 Å². The average molecular weight is 307 g/mol. The second kappa shape index (κ2) is 8.54. The predicted octanol–water partition coefficient (Wildman–Crippen LogP) is 4.11. The number of aliphatic hydroxyl groups excluding tert-OH is 1. The average Bonchev–Trinajstić information content (AvgIpc) is 2.96. The molecule has 0 amide bonds. The van der Waals surface area contributed by atoms with Gasteiger partial charge in [0.2, 0.25) is 0 Å². The van der Waals surface area contributed by atoms with E-state index in [0.29, 0.717) is 19.1 Å². The number of aliphatic hydroxyl groups is 1. The normalized spacial score (nSPS) is 17.1. The Kier molecular flexibility index (Phi) is 7.37. The number of β-amino-alcohol motifs (C(OH)–C–C–N with tert-alkyl or cyclic N) is 1. The Balaban J connectivity index is 0.00000242. The third-order valence-electron chi connectivity index (χ3n) is 4.01. The molecule has 22 heavy (non-hydrogen) atoms. The molecule has 3 nitrogen and oxygen atoms in total. The number of rotatable bonds is 6. The van der Waals surface area contributed by atoms with Gasteiger partial charge in [0.25, 0.3) is 0 Å². The first-order chi connectivity index (χ1) is 9.96. The van der Waals surface area contributed by atoms with Crippen molar-refractivity contribution in [2.24, 2.45) is 0 Å². The van der Waals surface area contributed by atoms with Crippen molar-refractivity contribution >= 4 is 0 Å². The highest BCUT2D eigenvalue weighted by Crippen LogP contribution is 2.38. The van der Waals surface area contributed by atoms with E-state index in [9.17, 15) is 5.11 Å². The van der Waals surface area contributed by atoms with Crippen LogP contribution in [0.25, 0.3) is 0 Å². The lowest BCUT2D eigenvalue weighted by atomic mass is 9.97. The first kappa shape index (κ1) is 19.0. The lowest BCUT2D eigenvalue weighted by molar-refractivity contribution is 0.0993. The fourth-order valence-electron chi connectivity index (χ4n) is 2.85. The van der Waals surface area contributed by atoms with Crippen molar-refractivity contribution in [1.82, 2.24) is 5.32 Å². The van der Waals surface area contributed by atoms with Gasteiger partial charge in [0.1, 0.15) is 18.5 Å². The SMILES string of the molecule is C.CC(C)(C)NC[C@H](O)COc1ccccc1C1CCCC1. The summed E-state index contributed by atoms with van der Waals surface area (Å²) in [5.74, 6) is 1.57. The molecule has 126 valence electrons. The Morgan fingerprint density at radius 1 is 1.23 bits per heavy atom. The molecule has 0 aromatic heterocycles. The van der Waals surface area contributed by atoms with E-state index < -0.39 is 6.10 Å². The fourth-order valence-corrected chi connectivity index (χ4v) is 2.85. The maximum atomic E-state index is 10.0. The molecule has 1 aromatic carbocycles. The van der Waals surface area contributed by atoms with E-state index in [1.165, 1.54) is 31.2 Å². The van der Waals surface area contributed by atoms with Gasteiger partial charge in [-0.2, -0.15) is 0 Å². The number of ether oxygens (including phenoxy) is 1. The molecular weight excluding hydrogens is 274 g/mol. The third kappa shape index (κ3) is 5.98. The maximum absolute atomic E-state index is 10.0. The van der Waals surface area contributed by atoms with Crippen molar-refractivity contribution in [1.29, 1.82) is 0 Å². The minimum Gasteiger partial charge on any atom is -0.491 e. The molecule has 0 aliphatic heterocycles. The molecule has 1 aliphatic carbocycles. The molecule has 0 spiro atoms. The van der Waals surface area contributed by atoms with E-state index in [1.807, 2.05) is 12.1 Å². The Labute approximate surface area is 136 Å². The Hall–Kier alpha value is -1.06. The van der Waals surface area contributed by atoms with Gasteiger partial charge in [-0.05, 0) is 51.2 Å². The predicted molar refractivity (Wildman–Crippen MR) is 93.6 cm³/mol. The molecule has 0 heterocycles. The second-order valence-corrected chi connectivity index (χ2v) is 7.11. The number of hydrogen-bond acceptors (Lipinski definition) is 3. The molecule has 2 rings (SSSR count). The number of hydrogen-bond donors (Lipinski definition) is 2. The fraction of sp³-hybridized carbons (Fsp3) is 0.684. The highest BCUT2D eigenvalue weighted by Gasteiger charge is 2.20. The molecule has 0 saturated heterocycles. The first-order valence-corrected chi connectivity index (χ1v) is 8.10. The monoisotopic (exact) mass is 307 g/mol. The van der Waals surface area contributed by atoms with Crippen LogP contribution >= 0.6 is 0 Å². The van der Waals surface area contributed by atoms with Crippen LogP contribution in [0, 0.1) is 0 Å². The van der Waals surface area contributed by atoms with E-state index in [1.54, 1.807) is 0 Å². The van der Waals surface area contributed by atoms with Crippen LogP contribution in [0.3, 0.4) is 0 Å². The molecule has 1 fully saturated rings. The van der Waals surface area contributed by atoms with Crippen LogP contribution in [0.2, 0.25) is 0 Å². The number of para-hydroxylation sites is 1. The maximum Gasteiger partial charge on any atom is 0.122 e. The van der Waals surface area contributed by atoms with Gasteiger partial charge in [-0.1, -0.05) is 38.5 Å². The van der Waals surface area contributed by atoms with Crippen molar-refractivity contribution in [2.75, 3.05) is 13.2 Å². The van der Waals surface area contributed by atoms with Crippen molar-refractivity contribution in [3.05, 3.63) is 29.8 Å². The van der Waals surface area contributed by atoms with Gasteiger partial charge in [0.05, 0.1) is 0 Å². The van der Waals surface area contributed by atoms with E-state index in [2.05, 4.69) is 38.2 Å². The molecule has 1 saturated carbocycles. The highest BCUT2D eigenvalue weighted by atomic mass is 16.5. The summed E-state index contributed by atoms with van der Waals surface area (Å²) < 4.78 is 5.89. The molecular formula is C19H33NO2. The minimum absolute atomic E-state index is 0. The summed E-state index contributed by atoms with van der Waals surface area (Å²) in [4.78, 5) is 0. The van der Waals surface area contributed by atoms with Crippen LogP contribution in [0.4, 0.5) is 0 Å². The Morgan fingerprint density at radius 2 is 1.86 bits per heavy atom. The van der Waals surface area contributed by atoms with E-state index >= 15 is 0 Å². The standard InChI is InChI=1S/C18H29NO2.CH4/c1-18(2,3)19-12-15(20)13-21-17-11-7-6-10-16(17)14-8-4-5-9-14;/h6-7,10-11,14-15,19-20H,4-5,8-9,12-13H2,1-3H3;1H4/t15-;/m0./s1. The van der Waals surface area contributed by atoms with Crippen molar-refractivity contribution in [3.8, 4) is 5.75 Å². The number of nitrogens with one attached hydrogen (secondary N) is 1. The van der Waals surface area contributed by atoms with Crippen molar-refractivity contribution in [3.63, 3.8) is 0 Å². The molecule has 2 N–H and O–H groups in total. The lowest BCUT2D eigenvalue weighted by Crippen LogP contribution is -2.42. The summed E-state index contributed by atoms with van der Waals surface area (Å²) in [5.41, 5.74) is 1.33. The molecule has 3 heteroatoms. The van der Waals surface area contributed by atoms with Crippen molar-refractivity contribution < 1.29 is 9.84 Å². The molecule has 1 aromatic rings. The summed E-state index contributed by atoms with van der Waals surface area (Å²) in [7, 11) is 0. The smallest absolute Gasteiger partial charge is 0.122 e. The van der Waals surface area contributed by atoms with Crippen LogP contribution in [-0.2, 0) is 0 Å². The van der Waals surface area contributed by atoms with E-state index in [-0.39, 0.29) is 13.0 Å². The summed E-state index contributed by atoms with van der Waals surface area (Å²) in [6.45, 7) is 7.17. The zero-order chi connectivity index (χ0) is 15.3. The Morgan fingerprint density at radius 3 is 2.50 bits per heavy atom. The molecule has 0 radical (unpaired) electrons. The molecule has 1 aliphatic rings. The topological polar surface area (TPSA) is 41.5 Å². The van der Waals surface area contributed by atoms with Crippen LogP contribution < -0.4 is 10.1 Å². The van der Waals surface area contributed by atoms with E-state index in [4.69, 9.17) is 4.74 Å². The van der Waals surface area contributed by atoms with Gasteiger partial charge in [0.15, 0.2) is 0 Å². The zero-order valence-electron chi connectivity index (χ0n) is 13.6. The first-order valence-electron chi connectivity index (χ1n) is 8.10. The largest absolute Gasteiger partial charge is 0.491 e. The molecule has 1 atom stereocenters. The second-order valence-electron chi connectivity index (χ2n) is 7.11. The van der Waals surface area contributed by atoms with Gasteiger partial charge in [-0.25, -0.2) is 0 Å². The highest BCUT2D eigenvalue weighted by molar-refractivity contribution is 5.36. The zero-order valence-corrected chi connectivity index (χ0v) is 13.6. The van der Waals surface area contributed by atoms with Crippen LogP contribution in [0.5, 0.6) is 5.75 Å². The summed E-state index contributed by atoms with van der Waals surface area (Å²) in [6.07, 6.45) is 4.66. The Bertz CT molecular complexity index is 433. The lowest BCUT2D eigenvalue weighted by Gasteiger charge is -2.23. The van der Waals surface area contributed by atoms with Crippen molar-refractivity contribution in [2.45, 2.75) is 71.4 Å². The summed E-state index contributed by atoms with van der Waals surface area (Å²) in [6, 6.07) is 8.29. The van der Waals surface area contributed by atoms with Gasteiger partial charge in [-0.3, -0.25) is 0 Å². The minimum atomic E-state index is -0.485. The van der Waals surface area contributed by atoms with Gasteiger partial charge < -0.3 is 15.2 Å².